The lowest BCUT2D eigenvalue weighted by molar-refractivity contribution is 0.427. The van der Waals surface area contributed by atoms with Crippen LogP contribution in [0.5, 0.6) is 0 Å². The summed E-state index contributed by atoms with van der Waals surface area (Å²) < 4.78 is 0. The zero-order valence-electron chi connectivity index (χ0n) is 11.7. The van der Waals surface area contributed by atoms with Crippen molar-refractivity contribution in [2.45, 2.75) is 37.8 Å². The number of halogens is 1. The van der Waals surface area contributed by atoms with Gasteiger partial charge >= 0.3 is 0 Å². The van der Waals surface area contributed by atoms with Crippen molar-refractivity contribution in [1.29, 1.82) is 0 Å². The van der Waals surface area contributed by atoms with Gasteiger partial charge in [0.15, 0.2) is 0 Å². The third-order valence-corrected chi connectivity index (χ3v) is 3.89. The van der Waals surface area contributed by atoms with Gasteiger partial charge in [-0.2, -0.15) is 0 Å². The summed E-state index contributed by atoms with van der Waals surface area (Å²) in [5, 5.41) is 7.41. The van der Waals surface area contributed by atoms with Crippen LogP contribution in [0.15, 0.2) is 36.8 Å². The lowest BCUT2D eigenvalue weighted by Gasteiger charge is -2.29. The molecule has 0 unspecified atom stereocenters. The molecule has 0 amide bonds. The van der Waals surface area contributed by atoms with E-state index in [2.05, 4.69) is 25.6 Å². The summed E-state index contributed by atoms with van der Waals surface area (Å²) in [6, 6.07) is 6.85. The smallest absolute Gasteiger partial charge is 0.222 e. The van der Waals surface area contributed by atoms with Gasteiger partial charge in [0.05, 0.1) is 17.4 Å². The van der Waals surface area contributed by atoms with E-state index in [0.717, 1.165) is 31.5 Å². The zero-order valence-corrected chi connectivity index (χ0v) is 12.4. The van der Waals surface area contributed by atoms with Gasteiger partial charge in [0.1, 0.15) is 5.82 Å². The number of rotatable bonds is 4. The van der Waals surface area contributed by atoms with E-state index in [1.165, 1.54) is 0 Å². The summed E-state index contributed by atoms with van der Waals surface area (Å²) >= 11 is 5.78. The highest BCUT2D eigenvalue weighted by Gasteiger charge is 2.21. The largest absolute Gasteiger partial charge is 0.367 e. The molecule has 0 bridgehead atoms. The molecule has 110 valence electrons. The van der Waals surface area contributed by atoms with E-state index in [9.17, 15) is 0 Å². The molecular weight excluding hydrogens is 286 g/mol. The standard InChI is InChI=1S/C15H18ClN5/c16-11-9-18-15(19-10-11)21-13-6-4-12(5-7-13)20-14-3-1-2-8-17-14/h1-3,8-10,12-13H,4-7H2,(H,17,20)(H,18,19,21). The van der Waals surface area contributed by atoms with Crippen molar-refractivity contribution in [3.63, 3.8) is 0 Å². The van der Waals surface area contributed by atoms with Crippen LogP contribution >= 0.6 is 11.6 Å². The van der Waals surface area contributed by atoms with Crippen molar-refractivity contribution in [3.05, 3.63) is 41.8 Å². The average Bonchev–Trinajstić information content (AvgIpc) is 2.53. The van der Waals surface area contributed by atoms with Gasteiger partial charge in [-0.25, -0.2) is 15.0 Å². The summed E-state index contributed by atoms with van der Waals surface area (Å²) in [4.78, 5) is 12.7. The molecule has 6 heteroatoms. The topological polar surface area (TPSA) is 62.7 Å². The van der Waals surface area contributed by atoms with E-state index in [-0.39, 0.29) is 0 Å². The molecule has 2 N–H and O–H groups in total. The molecule has 1 aliphatic carbocycles. The molecule has 2 aromatic heterocycles. The van der Waals surface area contributed by atoms with Crippen LogP contribution in [0.1, 0.15) is 25.7 Å². The molecule has 5 nitrogen and oxygen atoms in total. The van der Waals surface area contributed by atoms with E-state index in [0.29, 0.717) is 23.1 Å². The van der Waals surface area contributed by atoms with Crippen LogP contribution < -0.4 is 10.6 Å². The molecule has 3 rings (SSSR count). The van der Waals surface area contributed by atoms with Gasteiger partial charge in [0.2, 0.25) is 5.95 Å². The highest BCUT2D eigenvalue weighted by molar-refractivity contribution is 6.30. The molecule has 0 spiro atoms. The summed E-state index contributed by atoms with van der Waals surface area (Å²) in [7, 11) is 0. The van der Waals surface area contributed by atoms with Gasteiger partial charge in [-0.05, 0) is 37.8 Å². The molecule has 1 fully saturated rings. The number of aromatic nitrogens is 3. The molecular formula is C15H18ClN5. The molecule has 1 aliphatic rings. The second-order valence-electron chi connectivity index (χ2n) is 5.28. The van der Waals surface area contributed by atoms with E-state index in [4.69, 9.17) is 11.6 Å². The average molecular weight is 304 g/mol. The first-order valence-corrected chi connectivity index (χ1v) is 7.59. The fraction of sp³-hybridized carbons (Fsp3) is 0.400. The van der Waals surface area contributed by atoms with Gasteiger partial charge < -0.3 is 10.6 Å². The molecule has 0 atom stereocenters. The van der Waals surface area contributed by atoms with Gasteiger partial charge in [-0.15, -0.1) is 0 Å². The summed E-state index contributed by atoms with van der Waals surface area (Å²) in [5.74, 6) is 1.61. The predicted molar refractivity (Wildman–Crippen MR) is 84.6 cm³/mol. The lowest BCUT2D eigenvalue weighted by Crippen LogP contribution is -2.33. The quantitative estimate of drug-likeness (QED) is 0.907. The SMILES string of the molecule is Clc1cnc(NC2CCC(Nc3ccccn3)CC2)nc1. The Bertz CT molecular complexity index is 552. The minimum absolute atomic E-state index is 0.424. The Kier molecular flexibility index (Phi) is 4.50. The molecule has 0 aromatic carbocycles. The maximum Gasteiger partial charge on any atom is 0.222 e. The second-order valence-corrected chi connectivity index (χ2v) is 5.71. The maximum atomic E-state index is 5.78. The monoisotopic (exact) mass is 303 g/mol. The third kappa shape index (κ3) is 4.04. The van der Waals surface area contributed by atoms with Crippen LogP contribution in [0.2, 0.25) is 5.02 Å². The number of anilines is 2. The fourth-order valence-corrected chi connectivity index (χ4v) is 2.71. The van der Waals surface area contributed by atoms with E-state index >= 15 is 0 Å². The number of pyridine rings is 1. The van der Waals surface area contributed by atoms with Crippen molar-refractivity contribution in [2.75, 3.05) is 10.6 Å². The van der Waals surface area contributed by atoms with Crippen LogP contribution in [0.4, 0.5) is 11.8 Å². The fourth-order valence-electron chi connectivity index (χ4n) is 2.61. The van der Waals surface area contributed by atoms with Crippen molar-refractivity contribution >= 4 is 23.4 Å². The van der Waals surface area contributed by atoms with Crippen LogP contribution in [0.25, 0.3) is 0 Å². The molecule has 1 saturated carbocycles. The Morgan fingerprint density at radius 1 is 0.905 bits per heavy atom. The van der Waals surface area contributed by atoms with Crippen LogP contribution in [0.3, 0.4) is 0 Å². The predicted octanol–water partition coefficient (Wildman–Crippen LogP) is 3.36. The number of nitrogens with one attached hydrogen (secondary N) is 2. The van der Waals surface area contributed by atoms with Crippen LogP contribution in [-0.2, 0) is 0 Å². The summed E-state index contributed by atoms with van der Waals surface area (Å²) in [6.45, 7) is 0. The molecule has 21 heavy (non-hydrogen) atoms. The number of hydrogen-bond acceptors (Lipinski definition) is 5. The molecule has 0 radical (unpaired) electrons. The van der Waals surface area contributed by atoms with Gasteiger partial charge in [0.25, 0.3) is 0 Å². The zero-order chi connectivity index (χ0) is 14.5. The van der Waals surface area contributed by atoms with Gasteiger partial charge in [-0.3, -0.25) is 0 Å². The summed E-state index contributed by atoms with van der Waals surface area (Å²) in [5.41, 5.74) is 0. The molecule has 2 aromatic rings. The highest BCUT2D eigenvalue weighted by atomic mass is 35.5. The van der Waals surface area contributed by atoms with E-state index in [1.807, 2.05) is 24.4 Å². The molecule has 0 aliphatic heterocycles. The van der Waals surface area contributed by atoms with Crippen molar-refractivity contribution in [1.82, 2.24) is 15.0 Å². The highest BCUT2D eigenvalue weighted by Crippen LogP contribution is 2.23. The van der Waals surface area contributed by atoms with E-state index < -0.39 is 0 Å². The molecule has 0 saturated heterocycles. The molecule has 2 heterocycles. The van der Waals surface area contributed by atoms with Crippen LogP contribution in [0, 0.1) is 0 Å². The van der Waals surface area contributed by atoms with Gasteiger partial charge in [0, 0.05) is 18.3 Å². The first-order valence-electron chi connectivity index (χ1n) is 7.21. The van der Waals surface area contributed by atoms with Crippen molar-refractivity contribution < 1.29 is 0 Å². The minimum atomic E-state index is 0.424. The van der Waals surface area contributed by atoms with E-state index in [1.54, 1.807) is 12.4 Å². The Morgan fingerprint density at radius 3 is 2.19 bits per heavy atom. The Balaban J connectivity index is 1.47. The Hall–Kier alpha value is -1.88. The number of nitrogens with zero attached hydrogens (tertiary/aromatic N) is 3. The Labute approximate surface area is 129 Å². The van der Waals surface area contributed by atoms with Crippen molar-refractivity contribution in [2.24, 2.45) is 0 Å². The maximum absolute atomic E-state index is 5.78. The minimum Gasteiger partial charge on any atom is -0.367 e. The normalized spacial score (nSPS) is 21.8. The lowest BCUT2D eigenvalue weighted by atomic mass is 9.91. The third-order valence-electron chi connectivity index (χ3n) is 3.70. The summed E-state index contributed by atoms with van der Waals surface area (Å²) in [6.07, 6.45) is 9.46. The second kappa shape index (κ2) is 6.72. The van der Waals surface area contributed by atoms with Crippen LogP contribution in [-0.4, -0.2) is 27.0 Å². The first-order chi connectivity index (χ1) is 10.3. The first kappa shape index (κ1) is 14.1. The van der Waals surface area contributed by atoms with Gasteiger partial charge in [-0.1, -0.05) is 17.7 Å². The Morgan fingerprint density at radius 2 is 1.57 bits per heavy atom. The van der Waals surface area contributed by atoms with Crippen molar-refractivity contribution in [3.8, 4) is 0 Å². The number of hydrogen-bond donors (Lipinski definition) is 2.